The molecule has 0 aliphatic heterocycles. The predicted molar refractivity (Wildman–Crippen MR) is 65.4 cm³/mol. The Hall–Kier alpha value is -0.970. The lowest BCUT2D eigenvalue weighted by Gasteiger charge is -1.99. The van der Waals surface area contributed by atoms with Gasteiger partial charge in [-0.1, -0.05) is 19.0 Å². The third-order valence-electron chi connectivity index (χ3n) is 2.02. The number of hydrogen-bond acceptors (Lipinski definition) is 4. The first-order valence-corrected chi connectivity index (χ1v) is 6.07. The minimum absolute atomic E-state index is 0.0107. The number of amides is 1. The maximum absolute atomic E-state index is 11.2. The molecule has 90 valence electrons. The fourth-order valence-corrected chi connectivity index (χ4v) is 1.52. The van der Waals surface area contributed by atoms with Crippen LogP contribution in [0.4, 0.5) is 0 Å². The maximum Gasteiger partial charge on any atom is 0.221 e. The van der Waals surface area contributed by atoms with Gasteiger partial charge in [0.25, 0.3) is 0 Å². The standard InChI is InChI=1S/C11H18N2O2S/c1-8(2)5-10-6-9(13-15-10)7-12-11(14)3-4-16/h6,8,16H,3-5,7H2,1-2H3,(H,12,14). The minimum atomic E-state index is -0.0107. The smallest absolute Gasteiger partial charge is 0.221 e. The summed E-state index contributed by atoms with van der Waals surface area (Å²) in [6, 6.07) is 1.89. The van der Waals surface area contributed by atoms with Crippen LogP contribution in [-0.4, -0.2) is 16.8 Å². The zero-order valence-corrected chi connectivity index (χ0v) is 10.6. The summed E-state index contributed by atoms with van der Waals surface area (Å²) in [4.78, 5) is 11.2. The second-order valence-corrected chi connectivity index (χ2v) is 4.58. The Bertz CT molecular complexity index is 336. The van der Waals surface area contributed by atoms with E-state index in [4.69, 9.17) is 4.52 Å². The highest BCUT2D eigenvalue weighted by atomic mass is 32.1. The van der Waals surface area contributed by atoms with Crippen LogP contribution < -0.4 is 5.32 Å². The number of rotatable bonds is 6. The van der Waals surface area contributed by atoms with Crippen molar-refractivity contribution in [3.63, 3.8) is 0 Å². The number of carbonyl (C=O) groups excluding carboxylic acids is 1. The molecule has 0 saturated carbocycles. The molecule has 16 heavy (non-hydrogen) atoms. The number of hydrogen-bond donors (Lipinski definition) is 2. The van der Waals surface area contributed by atoms with E-state index in [1.165, 1.54) is 0 Å². The molecule has 4 nitrogen and oxygen atoms in total. The summed E-state index contributed by atoms with van der Waals surface area (Å²) in [6.07, 6.45) is 1.30. The fourth-order valence-electron chi connectivity index (χ4n) is 1.32. The molecule has 0 fully saturated rings. The summed E-state index contributed by atoms with van der Waals surface area (Å²) in [6.45, 7) is 4.67. The molecule has 1 aromatic rings. The number of aromatic nitrogens is 1. The molecule has 0 saturated heterocycles. The highest BCUT2D eigenvalue weighted by Gasteiger charge is 2.07. The van der Waals surface area contributed by atoms with Crippen LogP contribution in [0.25, 0.3) is 0 Å². The third-order valence-corrected chi connectivity index (χ3v) is 2.25. The minimum Gasteiger partial charge on any atom is -0.361 e. The molecule has 1 heterocycles. The summed E-state index contributed by atoms with van der Waals surface area (Å²) < 4.78 is 5.15. The molecular weight excluding hydrogens is 224 g/mol. The Morgan fingerprint density at radius 1 is 1.62 bits per heavy atom. The number of nitrogens with zero attached hydrogens (tertiary/aromatic N) is 1. The molecule has 0 aliphatic rings. The lowest BCUT2D eigenvalue weighted by Crippen LogP contribution is -2.22. The van der Waals surface area contributed by atoms with Crippen LogP contribution in [0.15, 0.2) is 10.6 Å². The Kier molecular flexibility index (Phi) is 5.38. The van der Waals surface area contributed by atoms with Gasteiger partial charge in [0.2, 0.25) is 5.91 Å². The van der Waals surface area contributed by atoms with Crippen molar-refractivity contribution in [2.75, 3.05) is 5.75 Å². The van der Waals surface area contributed by atoms with Crippen LogP contribution in [0.1, 0.15) is 31.7 Å². The Morgan fingerprint density at radius 2 is 2.38 bits per heavy atom. The lowest BCUT2D eigenvalue weighted by molar-refractivity contribution is -0.120. The summed E-state index contributed by atoms with van der Waals surface area (Å²) in [7, 11) is 0. The van der Waals surface area contributed by atoms with Crippen molar-refractivity contribution in [2.24, 2.45) is 5.92 Å². The molecule has 5 heteroatoms. The van der Waals surface area contributed by atoms with Gasteiger partial charge < -0.3 is 9.84 Å². The summed E-state index contributed by atoms with van der Waals surface area (Å²) in [5, 5.41) is 6.65. The molecule has 0 radical (unpaired) electrons. The predicted octanol–water partition coefficient (Wildman–Crippen LogP) is 1.81. The van der Waals surface area contributed by atoms with E-state index < -0.39 is 0 Å². The van der Waals surface area contributed by atoms with Crippen LogP contribution in [-0.2, 0) is 17.8 Å². The van der Waals surface area contributed by atoms with Crippen molar-refractivity contribution >= 4 is 18.5 Å². The van der Waals surface area contributed by atoms with E-state index in [1.807, 2.05) is 6.07 Å². The first-order valence-electron chi connectivity index (χ1n) is 5.44. The van der Waals surface area contributed by atoms with Gasteiger partial charge in [0, 0.05) is 18.9 Å². The van der Waals surface area contributed by atoms with Crippen molar-refractivity contribution in [1.29, 1.82) is 0 Å². The average molecular weight is 242 g/mol. The van der Waals surface area contributed by atoms with Crippen molar-refractivity contribution in [3.8, 4) is 0 Å². The molecule has 0 atom stereocenters. The van der Waals surface area contributed by atoms with Gasteiger partial charge in [-0.2, -0.15) is 12.6 Å². The number of thiol groups is 1. The van der Waals surface area contributed by atoms with Crippen LogP contribution in [0, 0.1) is 5.92 Å². The third kappa shape index (κ3) is 4.70. The van der Waals surface area contributed by atoms with Crippen LogP contribution >= 0.6 is 12.6 Å². The molecule has 1 aromatic heterocycles. The van der Waals surface area contributed by atoms with E-state index in [1.54, 1.807) is 0 Å². The van der Waals surface area contributed by atoms with E-state index in [0.29, 0.717) is 24.6 Å². The van der Waals surface area contributed by atoms with Gasteiger partial charge in [-0.15, -0.1) is 0 Å². The van der Waals surface area contributed by atoms with Gasteiger partial charge in [0.1, 0.15) is 11.5 Å². The van der Waals surface area contributed by atoms with E-state index >= 15 is 0 Å². The summed E-state index contributed by atoms with van der Waals surface area (Å²) >= 11 is 3.99. The van der Waals surface area contributed by atoms with Crippen molar-refractivity contribution < 1.29 is 9.32 Å². The Morgan fingerprint density at radius 3 is 3.00 bits per heavy atom. The summed E-state index contributed by atoms with van der Waals surface area (Å²) in [5.41, 5.74) is 0.767. The lowest BCUT2D eigenvalue weighted by atomic mass is 10.1. The van der Waals surface area contributed by atoms with E-state index in [-0.39, 0.29) is 5.91 Å². The normalized spacial score (nSPS) is 10.8. The van der Waals surface area contributed by atoms with Gasteiger partial charge in [-0.05, 0) is 11.7 Å². The highest BCUT2D eigenvalue weighted by Crippen LogP contribution is 2.09. The molecule has 0 unspecified atom stereocenters. The number of carbonyl (C=O) groups is 1. The Balaban J connectivity index is 2.37. The zero-order chi connectivity index (χ0) is 12.0. The van der Waals surface area contributed by atoms with Gasteiger partial charge in [-0.25, -0.2) is 0 Å². The first kappa shape index (κ1) is 13.1. The van der Waals surface area contributed by atoms with Gasteiger partial charge in [-0.3, -0.25) is 4.79 Å². The molecule has 0 aromatic carbocycles. The molecule has 1 amide bonds. The number of nitrogens with one attached hydrogen (secondary N) is 1. The topological polar surface area (TPSA) is 55.1 Å². The van der Waals surface area contributed by atoms with Crippen LogP contribution in [0.2, 0.25) is 0 Å². The quantitative estimate of drug-likeness (QED) is 0.748. The monoisotopic (exact) mass is 242 g/mol. The van der Waals surface area contributed by atoms with Gasteiger partial charge in [0.15, 0.2) is 0 Å². The molecule has 0 aliphatic carbocycles. The second-order valence-electron chi connectivity index (χ2n) is 4.13. The van der Waals surface area contributed by atoms with Crippen LogP contribution in [0.5, 0.6) is 0 Å². The van der Waals surface area contributed by atoms with E-state index in [2.05, 4.69) is 36.9 Å². The maximum atomic E-state index is 11.2. The first-order chi connectivity index (χ1) is 7.61. The summed E-state index contributed by atoms with van der Waals surface area (Å²) in [5.74, 6) is 1.96. The van der Waals surface area contributed by atoms with Crippen molar-refractivity contribution in [3.05, 3.63) is 17.5 Å². The Labute approximate surface area is 101 Å². The fraction of sp³-hybridized carbons (Fsp3) is 0.636. The van der Waals surface area contributed by atoms with Gasteiger partial charge in [0.05, 0.1) is 6.54 Å². The molecule has 1 rings (SSSR count). The van der Waals surface area contributed by atoms with Gasteiger partial charge >= 0.3 is 0 Å². The molecule has 0 bridgehead atoms. The van der Waals surface area contributed by atoms with Crippen molar-refractivity contribution in [1.82, 2.24) is 10.5 Å². The highest BCUT2D eigenvalue weighted by molar-refractivity contribution is 7.80. The van der Waals surface area contributed by atoms with E-state index in [0.717, 1.165) is 17.9 Å². The largest absolute Gasteiger partial charge is 0.361 e. The average Bonchev–Trinajstić information content (AvgIpc) is 2.62. The molecular formula is C11H18N2O2S. The van der Waals surface area contributed by atoms with E-state index in [9.17, 15) is 4.79 Å². The zero-order valence-electron chi connectivity index (χ0n) is 9.69. The SMILES string of the molecule is CC(C)Cc1cc(CNC(=O)CCS)no1. The molecule has 1 N–H and O–H groups in total. The molecule has 0 spiro atoms. The van der Waals surface area contributed by atoms with Crippen LogP contribution in [0.3, 0.4) is 0 Å². The second kappa shape index (κ2) is 6.58. The van der Waals surface area contributed by atoms with Crippen molar-refractivity contribution in [2.45, 2.75) is 33.2 Å².